The fourth-order valence-corrected chi connectivity index (χ4v) is 2.08. The molecule has 1 aliphatic heterocycles. The molecule has 0 aromatic carbocycles. The number of azide groups is 1. The predicted molar refractivity (Wildman–Crippen MR) is 60.3 cm³/mol. The van der Waals surface area contributed by atoms with Gasteiger partial charge in [-0.1, -0.05) is 5.11 Å². The number of hydrogen-bond donors (Lipinski definition) is 1. The molecule has 0 unspecified atom stereocenters. The molecule has 0 aromatic rings. The molecule has 0 radical (unpaired) electrons. The van der Waals surface area contributed by atoms with Crippen molar-refractivity contribution in [2.45, 2.75) is 44.4 Å². The Morgan fingerprint density at radius 2 is 2.18 bits per heavy atom. The van der Waals surface area contributed by atoms with Crippen molar-refractivity contribution < 1.29 is 19.3 Å². The Labute approximate surface area is 100 Å². The van der Waals surface area contributed by atoms with Crippen LogP contribution in [-0.2, 0) is 14.2 Å². The third-order valence-electron chi connectivity index (χ3n) is 2.77. The largest absolute Gasteiger partial charge is 0.393 e. The summed E-state index contributed by atoms with van der Waals surface area (Å²) in [6.07, 6.45) is -0.942. The number of aliphatic hydroxyl groups is 1. The zero-order chi connectivity index (χ0) is 13.1. The van der Waals surface area contributed by atoms with Gasteiger partial charge in [0.25, 0.3) is 0 Å². The van der Waals surface area contributed by atoms with E-state index in [1.165, 1.54) is 7.11 Å². The minimum Gasteiger partial charge on any atom is -0.393 e. The SMILES string of the molecule is CO[C@H](CN=[N+]=[N-])[C@H]1OC(C)(C)O[C@]1(C)CO. The Morgan fingerprint density at radius 3 is 2.65 bits per heavy atom. The lowest BCUT2D eigenvalue weighted by Gasteiger charge is -2.30. The van der Waals surface area contributed by atoms with E-state index in [1.54, 1.807) is 20.8 Å². The van der Waals surface area contributed by atoms with E-state index in [1.807, 2.05) is 0 Å². The summed E-state index contributed by atoms with van der Waals surface area (Å²) in [7, 11) is 1.50. The van der Waals surface area contributed by atoms with Gasteiger partial charge in [0.2, 0.25) is 0 Å². The normalized spacial score (nSPS) is 33.1. The second-order valence-electron chi connectivity index (χ2n) is 4.70. The van der Waals surface area contributed by atoms with E-state index in [2.05, 4.69) is 10.0 Å². The molecule has 7 nitrogen and oxygen atoms in total. The summed E-state index contributed by atoms with van der Waals surface area (Å²) in [4.78, 5) is 2.69. The molecule has 0 aliphatic carbocycles. The summed E-state index contributed by atoms with van der Waals surface area (Å²) in [5.74, 6) is -0.796. The van der Waals surface area contributed by atoms with Crippen LogP contribution in [0.5, 0.6) is 0 Å². The zero-order valence-corrected chi connectivity index (χ0v) is 10.6. The molecule has 1 aliphatic rings. The van der Waals surface area contributed by atoms with E-state index in [0.29, 0.717) is 0 Å². The molecule has 1 rings (SSSR count). The fourth-order valence-electron chi connectivity index (χ4n) is 2.08. The Kier molecular flexibility index (Phi) is 4.35. The molecule has 0 saturated carbocycles. The topological polar surface area (TPSA) is 96.7 Å². The molecule has 3 atom stereocenters. The first-order chi connectivity index (χ1) is 7.88. The van der Waals surface area contributed by atoms with Gasteiger partial charge < -0.3 is 19.3 Å². The van der Waals surface area contributed by atoms with Crippen molar-refractivity contribution in [1.29, 1.82) is 0 Å². The van der Waals surface area contributed by atoms with Crippen LogP contribution < -0.4 is 0 Å². The van der Waals surface area contributed by atoms with Crippen molar-refractivity contribution in [2.24, 2.45) is 5.11 Å². The highest BCUT2D eigenvalue weighted by Gasteiger charge is 2.53. The van der Waals surface area contributed by atoms with Gasteiger partial charge in [-0.15, -0.1) is 0 Å². The average molecular weight is 245 g/mol. The minimum absolute atomic E-state index is 0.132. The first-order valence-electron chi connectivity index (χ1n) is 5.41. The van der Waals surface area contributed by atoms with Crippen LogP contribution in [0.4, 0.5) is 0 Å². The first kappa shape index (κ1) is 14.2. The maximum atomic E-state index is 9.43. The van der Waals surface area contributed by atoms with Crippen molar-refractivity contribution in [3.05, 3.63) is 10.4 Å². The molecule has 1 heterocycles. The third kappa shape index (κ3) is 3.08. The van der Waals surface area contributed by atoms with E-state index in [4.69, 9.17) is 19.7 Å². The van der Waals surface area contributed by atoms with Crippen LogP contribution in [0.1, 0.15) is 20.8 Å². The molecule has 1 fully saturated rings. The van der Waals surface area contributed by atoms with Crippen LogP contribution in [0.15, 0.2) is 5.11 Å². The Hall–Kier alpha value is -0.850. The molecule has 0 aromatic heterocycles. The summed E-state index contributed by atoms with van der Waals surface area (Å²) in [5, 5.41) is 12.9. The number of aliphatic hydroxyl groups excluding tert-OH is 1. The highest BCUT2D eigenvalue weighted by molar-refractivity contribution is 4.97. The monoisotopic (exact) mass is 245 g/mol. The lowest BCUT2D eigenvalue weighted by Crippen LogP contribution is -2.49. The lowest BCUT2D eigenvalue weighted by molar-refractivity contribution is -0.169. The highest BCUT2D eigenvalue weighted by Crippen LogP contribution is 2.38. The lowest BCUT2D eigenvalue weighted by atomic mass is 9.95. The van der Waals surface area contributed by atoms with Gasteiger partial charge in [0.05, 0.1) is 19.3 Å². The van der Waals surface area contributed by atoms with Crippen LogP contribution >= 0.6 is 0 Å². The van der Waals surface area contributed by atoms with Crippen molar-refractivity contribution in [3.63, 3.8) is 0 Å². The van der Waals surface area contributed by atoms with Gasteiger partial charge in [0.15, 0.2) is 5.79 Å². The van der Waals surface area contributed by atoms with Gasteiger partial charge in [0.1, 0.15) is 11.7 Å². The smallest absolute Gasteiger partial charge is 0.164 e. The molecule has 1 saturated heterocycles. The average Bonchev–Trinajstić information content (AvgIpc) is 2.51. The predicted octanol–water partition coefficient (Wildman–Crippen LogP) is 1.21. The van der Waals surface area contributed by atoms with E-state index in [0.717, 1.165) is 0 Å². The molecule has 1 N–H and O–H groups in total. The summed E-state index contributed by atoms with van der Waals surface area (Å²) in [5.41, 5.74) is 7.46. The molecular weight excluding hydrogens is 226 g/mol. The van der Waals surface area contributed by atoms with Crippen LogP contribution in [0.25, 0.3) is 10.4 Å². The molecule has 17 heavy (non-hydrogen) atoms. The van der Waals surface area contributed by atoms with Gasteiger partial charge in [-0.3, -0.25) is 0 Å². The molecule has 0 amide bonds. The Balaban J connectivity index is 2.88. The second kappa shape index (κ2) is 5.20. The highest BCUT2D eigenvalue weighted by atomic mass is 16.8. The number of hydrogen-bond acceptors (Lipinski definition) is 5. The minimum atomic E-state index is -0.866. The quantitative estimate of drug-likeness (QED) is 0.447. The second-order valence-corrected chi connectivity index (χ2v) is 4.70. The number of rotatable bonds is 5. The molecule has 0 bridgehead atoms. The molecular formula is C10H19N3O4. The zero-order valence-electron chi connectivity index (χ0n) is 10.6. The van der Waals surface area contributed by atoms with Crippen molar-refractivity contribution >= 4 is 0 Å². The summed E-state index contributed by atoms with van der Waals surface area (Å²) < 4.78 is 16.6. The maximum absolute atomic E-state index is 9.43. The number of ether oxygens (including phenoxy) is 3. The third-order valence-corrected chi connectivity index (χ3v) is 2.77. The molecule has 0 spiro atoms. The standard InChI is InChI=1S/C10H19N3O4/c1-9(2)16-8(10(3,6-14)17-9)7(15-4)5-12-13-11/h7-8,14H,5-6H2,1-4H3/t7-,8-,10-/m1/s1. The molecule has 7 heteroatoms. The Morgan fingerprint density at radius 1 is 1.53 bits per heavy atom. The van der Waals surface area contributed by atoms with Crippen LogP contribution in [-0.4, -0.2) is 49.0 Å². The van der Waals surface area contributed by atoms with E-state index < -0.39 is 23.6 Å². The van der Waals surface area contributed by atoms with Crippen molar-refractivity contribution in [1.82, 2.24) is 0 Å². The number of nitrogens with zero attached hydrogens (tertiary/aromatic N) is 3. The van der Waals surface area contributed by atoms with E-state index in [9.17, 15) is 5.11 Å². The van der Waals surface area contributed by atoms with Crippen LogP contribution in [0.3, 0.4) is 0 Å². The summed E-state index contributed by atoms with van der Waals surface area (Å²) >= 11 is 0. The van der Waals surface area contributed by atoms with E-state index in [-0.39, 0.29) is 13.2 Å². The van der Waals surface area contributed by atoms with Crippen LogP contribution in [0, 0.1) is 0 Å². The van der Waals surface area contributed by atoms with Gasteiger partial charge in [-0.05, 0) is 26.3 Å². The van der Waals surface area contributed by atoms with Gasteiger partial charge in [-0.2, -0.15) is 0 Å². The van der Waals surface area contributed by atoms with Crippen molar-refractivity contribution in [3.8, 4) is 0 Å². The summed E-state index contributed by atoms with van der Waals surface area (Å²) in [6.45, 7) is 5.21. The fraction of sp³-hybridized carbons (Fsp3) is 1.00. The number of methoxy groups -OCH3 is 1. The van der Waals surface area contributed by atoms with Gasteiger partial charge >= 0.3 is 0 Å². The first-order valence-corrected chi connectivity index (χ1v) is 5.41. The Bertz CT molecular complexity index is 317. The van der Waals surface area contributed by atoms with Gasteiger partial charge in [-0.25, -0.2) is 0 Å². The summed E-state index contributed by atoms with van der Waals surface area (Å²) in [6, 6.07) is 0. The van der Waals surface area contributed by atoms with Gasteiger partial charge in [0, 0.05) is 12.0 Å². The maximum Gasteiger partial charge on any atom is 0.164 e. The van der Waals surface area contributed by atoms with Crippen LogP contribution in [0.2, 0.25) is 0 Å². The van der Waals surface area contributed by atoms with Crippen molar-refractivity contribution in [2.75, 3.05) is 20.3 Å². The van der Waals surface area contributed by atoms with E-state index >= 15 is 0 Å². The molecule has 98 valence electrons.